The Labute approximate surface area is 151 Å². The van der Waals surface area contributed by atoms with E-state index in [1.807, 2.05) is 18.2 Å². The van der Waals surface area contributed by atoms with Gasteiger partial charge in [-0.1, -0.05) is 25.1 Å². The van der Waals surface area contributed by atoms with E-state index >= 15 is 0 Å². The first-order chi connectivity index (χ1) is 12.2. The van der Waals surface area contributed by atoms with Gasteiger partial charge in [-0.05, 0) is 31.7 Å². The van der Waals surface area contributed by atoms with Crippen molar-refractivity contribution in [2.75, 3.05) is 39.8 Å². The van der Waals surface area contributed by atoms with E-state index in [9.17, 15) is 4.79 Å². The third kappa shape index (κ3) is 4.15. The van der Waals surface area contributed by atoms with Crippen LogP contribution in [0.25, 0.3) is 0 Å². The van der Waals surface area contributed by atoms with E-state index in [4.69, 9.17) is 4.74 Å². The summed E-state index contributed by atoms with van der Waals surface area (Å²) in [4.78, 5) is 17.4. The summed E-state index contributed by atoms with van der Waals surface area (Å²) in [6.45, 7) is 6.28. The van der Waals surface area contributed by atoms with Crippen LogP contribution in [0.1, 0.15) is 44.2 Å². The Morgan fingerprint density at radius 1 is 1.28 bits per heavy atom. The molecule has 0 radical (unpaired) electrons. The molecule has 2 fully saturated rings. The number of piperazine rings is 1. The highest BCUT2D eigenvalue weighted by Crippen LogP contribution is 2.30. The van der Waals surface area contributed by atoms with Gasteiger partial charge in [-0.15, -0.1) is 0 Å². The van der Waals surface area contributed by atoms with Crippen LogP contribution >= 0.6 is 0 Å². The first-order valence-electron chi connectivity index (χ1n) is 9.61. The molecule has 1 N–H and O–H groups in total. The summed E-state index contributed by atoms with van der Waals surface area (Å²) in [5.41, 5.74) is 1.16. The molecule has 2 saturated heterocycles. The van der Waals surface area contributed by atoms with Crippen LogP contribution in [-0.4, -0.2) is 61.6 Å². The second-order valence-corrected chi connectivity index (χ2v) is 7.08. The summed E-state index contributed by atoms with van der Waals surface area (Å²) in [5.74, 6) is 1.19. The number of nitrogens with one attached hydrogen (secondary N) is 1. The van der Waals surface area contributed by atoms with Gasteiger partial charge in [0.15, 0.2) is 0 Å². The zero-order valence-corrected chi connectivity index (χ0v) is 15.5. The second kappa shape index (κ2) is 8.68. The van der Waals surface area contributed by atoms with Crippen molar-refractivity contribution in [3.8, 4) is 5.75 Å². The van der Waals surface area contributed by atoms with E-state index in [1.54, 1.807) is 7.11 Å². The number of para-hydroxylation sites is 1. The molecule has 2 atom stereocenters. The molecule has 138 valence electrons. The molecule has 5 heteroatoms. The molecule has 3 rings (SSSR count). The molecule has 0 aromatic heterocycles. The van der Waals surface area contributed by atoms with Gasteiger partial charge in [0.1, 0.15) is 5.75 Å². The van der Waals surface area contributed by atoms with E-state index in [0.717, 1.165) is 56.8 Å². The highest BCUT2D eigenvalue weighted by Gasteiger charge is 2.31. The van der Waals surface area contributed by atoms with Gasteiger partial charge in [-0.3, -0.25) is 9.69 Å². The number of amides is 1. The number of ether oxygens (including phenoxy) is 1. The maximum atomic E-state index is 13.0. The van der Waals surface area contributed by atoms with Crippen LogP contribution < -0.4 is 10.1 Å². The average Bonchev–Trinajstić information content (AvgIpc) is 2.68. The van der Waals surface area contributed by atoms with Crippen LogP contribution in [0.5, 0.6) is 5.75 Å². The fourth-order valence-electron chi connectivity index (χ4n) is 4.20. The molecular weight excluding hydrogens is 314 g/mol. The Morgan fingerprint density at radius 2 is 2.12 bits per heavy atom. The van der Waals surface area contributed by atoms with Crippen LogP contribution in [0.4, 0.5) is 0 Å². The smallest absolute Gasteiger partial charge is 0.237 e. The van der Waals surface area contributed by atoms with Crippen molar-refractivity contribution in [1.29, 1.82) is 0 Å². The lowest BCUT2D eigenvalue weighted by Gasteiger charge is -2.40. The van der Waals surface area contributed by atoms with Crippen molar-refractivity contribution in [3.63, 3.8) is 0 Å². The molecule has 0 spiro atoms. The Hall–Kier alpha value is -1.59. The summed E-state index contributed by atoms with van der Waals surface area (Å²) in [6.07, 6.45) is 4.60. The second-order valence-electron chi connectivity index (χ2n) is 7.08. The van der Waals surface area contributed by atoms with E-state index < -0.39 is 0 Å². The zero-order valence-electron chi connectivity index (χ0n) is 15.5. The number of carbonyl (C=O) groups is 1. The summed E-state index contributed by atoms with van der Waals surface area (Å²) in [5, 5.41) is 3.47. The molecule has 5 nitrogen and oxygen atoms in total. The summed E-state index contributed by atoms with van der Waals surface area (Å²) < 4.78 is 5.55. The fraction of sp³-hybridized carbons (Fsp3) is 0.650. The molecule has 0 bridgehead atoms. The predicted octanol–water partition coefficient (Wildman–Crippen LogP) is 2.43. The van der Waals surface area contributed by atoms with Crippen molar-refractivity contribution in [2.24, 2.45) is 0 Å². The number of likely N-dealkylation sites (tertiary alicyclic amines) is 1. The number of carbonyl (C=O) groups excluding carboxylic acids is 1. The molecule has 2 heterocycles. The van der Waals surface area contributed by atoms with Crippen LogP contribution in [0, 0.1) is 0 Å². The van der Waals surface area contributed by atoms with Crippen LogP contribution in [0.2, 0.25) is 0 Å². The number of piperidine rings is 1. The first-order valence-corrected chi connectivity index (χ1v) is 9.61. The molecule has 0 saturated carbocycles. The van der Waals surface area contributed by atoms with Gasteiger partial charge in [0.2, 0.25) is 5.91 Å². The number of methoxy groups -OCH3 is 1. The number of benzene rings is 1. The van der Waals surface area contributed by atoms with Crippen molar-refractivity contribution in [3.05, 3.63) is 29.8 Å². The Balaban J connectivity index is 1.73. The van der Waals surface area contributed by atoms with Crippen molar-refractivity contribution in [1.82, 2.24) is 15.1 Å². The molecular formula is C20H31N3O2. The van der Waals surface area contributed by atoms with Crippen molar-refractivity contribution in [2.45, 2.75) is 44.7 Å². The Bertz CT molecular complexity index is 578. The minimum atomic E-state index is 0.179. The van der Waals surface area contributed by atoms with E-state index in [0.29, 0.717) is 12.6 Å². The van der Waals surface area contributed by atoms with Gasteiger partial charge in [0, 0.05) is 37.8 Å². The highest BCUT2D eigenvalue weighted by atomic mass is 16.5. The maximum Gasteiger partial charge on any atom is 0.237 e. The molecule has 2 aliphatic rings. The number of hydrogen-bond donors (Lipinski definition) is 1. The quantitative estimate of drug-likeness (QED) is 0.890. The number of rotatable bonds is 5. The van der Waals surface area contributed by atoms with Crippen LogP contribution in [0.3, 0.4) is 0 Å². The maximum absolute atomic E-state index is 13.0. The monoisotopic (exact) mass is 345 g/mol. The lowest BCUT2D eigenvalue weighted by molar-refractivity contribution is -0.137. The molecule has 1 amide bonds. The fourth-order valence-corrected chi connectivity index (χ4v) is 4.20. The molecule has 1 aromatic rings. The van der Waals surface area contributed by atoms with Gasteiger partial charge in [0.05, 0.1) is 19.7 Å². The zero-order chi connectivity index (χ0) is 17.6. The summed E-state index contributed by atoms with van der Waals surface area (Å²) in [7, 11) is 1.71. The Kier molecular flexibility index (Phi) is 6.32. The van der Waals surface area contributed by atoms with E-state index in [-0.39, 0.29) is 11.9 Å². The van der Waals surface area contributed by atoms with E-state index in [1.165, 1.54) is 6.42 Å². The van der Waals surface area contributed by atoms with Crippen molar-refractivity contribution >= 4 is 5.91 Å². The van der Waals surface area contributed by atoms with Crippen LogP contribution in [0.15, 0.2) is 24.3 Å². The Morgan fingerprint density at radius 3 is 2.92 bits per heavy atom. The first kappa shape index (κ1) is 18.2. The van der Waals surface area contributed by atoms with Crippen LogP contribution in [-0.2, 0) is 4.79 Å². The largest absolute Gasteiger partial charge is 0.496 e. The number of nitrogens with zero attached hydrogens (tertiary/aromatic N) is 2. The van der Waals surface area contributed by atoms with Gasteiger partial charge >= 0.3 is 0 Å². The minimum absolute atomic E-state index is 0.179. The normalized spacial score (nSPS) is 25.0. The highest BCUT2D eigenvalue weighted by molar-refractivity contribution is 5.78. The average molecular weight is 345 g/mol. The lowest BCUT2D eigenvalue weighted by Crippen LogP contribution is -2.52. The molecule has 1 aromatic carbocycles. The van der Waals surface area contributed by atoms with Gasteiger partial charge in [0.25, 0.3) is 0 Å². The van der Waals surface area contributed by atoms with Crippen molar-refractivity contribution < 1.29 is 9.53 Å². The topological polar surface area (TPSA) is 44.8 Å². The standard InChI is InChI=1S/C20H31N3O2/c1-3-16-8-6-7-12-23(16)20(24)15-22-13-11-21-14-18(22)17-9-4-5-10-19(17)25-2/h4-5,9-10,16,18,21H,3,6-8,11-15H2,1-2H3. The van der Waals surface area contributed by atoms with Gasteiger partial charge in [-0.2, -0.15) is 0 Å². The van der Waals surface area contributed by atoms with Gasteiger partial charge < -0.3 is 15.0 Å². The number of hydrogen-bond acceptors (Lipinski definition) is 4. The molecule has 2 unspecified atom stereocenters. The molecule has 2 aliphatic heterocycles. The predicted molar refractivity (Wildman–Crippen MR) is 99.8 cm³/mol. The minimum Gasteiger partial charge on any atom is -0.496 e. The third-order valence-electron chi connectivity index (χ3n) is 5.61. The molecule has 0 aliphatic carbocycles. The SMILES string of the molecule is CCC1CCCCN1C(=O)CN1CCNCC1c1ccccc1OC. The lowest BCUT2D eigenvalue weighted by atomic mass is 9.99. The summed E-state index contributed by atoms with van der Waals surface area (Å²) in [6, 6.07) is 8.76. The third-order valence-corrected chi connectivity index (χ3v) is 5.61. The summed E-state index contributed by atoms with van der Waals surface area (Å²) >= 11 is 0. The van der Waals surface area contributed by atoms with Gasteiger partial charge in [-0.25, -0.2) is 0 Å². The molecule has 25 heavy (non-hydrogen) atoms. The van der Waals surface area contributed by atoms with E-state index in [2.05, 4.69) is 28.1 Å².